The molecule has 8 heteroatoms. The largest absolute Gasteiger partial charge is 0.493 e. The summed E-state index contributed by atoms with van der Waals surface area (Å²) >= 11 is 0. The smallest absolute Gasteiger partial charge is 0.340 e. The predicted octanol–water partition coefficient (Wildman–Crippen LogP) is 1.74. The number of carboxylic acid groups (broad SMARTS) is 1. The van der Waals surface area contributed by atoms with E-state index in [1.807, 2.05) is 4.57 Å². The van der Waals surface area contributed by atoms with Crippen LogP contribution in [-0.4, -0.2) is 59.2 Å². The summed E-state index contributed by atoms with van der Waals surface area (Å²) in [5.74, 6) is 0.173. The normalized spacial score (nSPS) is 16.8. The molecule has 8 nitrogen and oxygen atoms in total. The van der Waals surface area contributed by atoms with Crippen LogP contribution in [0.3, 0.4) is 0 Å². The topological polar surface area (TPSA) is 93.9 Å². The molecule has 1 N–H and O–H groups in total. The Morgan fingerprint density at radius 3 is 2.69 bits per heavy atom. The maximum atomic E-state index is 11.9. The summed E-state index contributed by atoms with van der Waals surface area (Å²) in [7, 11) is 4.65. The summed E-state index contributed by atoms with van der Waals surface area (Å²) in [4.78, 5) is 29.7. The summed E-state index contributed by atoms with van der Waals surface area (Å²) in [5, 5.41) is 9.72. The third kappa shape index (κ3) is 3.10. The Morgan fingerprint density at radius 2 is 2.12 bits per heavy atom. The number of hydrogen-bond donors (Lipinski definition) is 1. The highest BCUT2D eigenvalue weighted by Crippen LogP contribution is 2.38. The molecule has 1 unspecified atom stereocenters. The molecule has 1 aliphatic heterocycles. The maximum absolute atomic E-state index is 11.9. The predicted molar refractivity (Wildman–Crippen MR) is 93.5 cm³/mol. The Labute approximate surface area is 151 Å². The van der Waals surface area contributed by atoms with Gasteiger partial charge in [0.2, 0.25) is 5.91 Å². The van der Waals surface area contributed by atoms with Gasteiger partial charge >= 0.3 is 5.97 Å². The van der Waals surface area contributed by atoms with Gasteiger partial charge in [-0.15, -0.1) is 0 Å². The molecular weight excluding hydrogens is 338 g/mol. The van der Waals surface area contributed by atoms with Crippen molar-refractivity contribution in [2.75, 3.05) is 27.8 Å². The van der Waals surface area contributed by atoms with Crippen molar-refractivity contribution in [3.63, 3.8) is 0 Å². The zero-order valence-corrected chi connectivity index (χ0v) is 14.9. The Hall–Kier alpha value is -3.03. The first-order chi connectivity index (χ1) is 12.5. The Balaban J connectivity index is 2.02. The zero-order valence-electron chi connectivity index (χ0n) is 14.9. The first-order valence-corrected chi connectivity index (χ1v) is 8.20. The van der Waals surface area contributed by atoms with Crippen molar-refractivity contribution in [3.05, 3.63) is 30.1 Å². The molecule has 1 aromatic carbocycles. The number of nitrogens with zero attached hydrogens (tertiary/aromatic N) is 3. The molecular formula is C18H21N3O5. The van der Waals surface area contributed by atoms with Crippen LogP contribution in [0.4, 0.5) is 0 Å². The third-order valence-corrected chi connectivity index (χ3v) is 4.59. The fourth-order valence-electron chi connectivity index (χ4n) is 3.38. The molecule has 3 rings (SSSR count). The van der Waals surface area contributed by atoms with Gasteiger partial charge in [-0.3, -0.25) is 4.79 Å². The molecule has 0 radical (unpaired) electrons. The number of methoxy groups -OCH3 is 2. The number of amides is 1. The minimum absolute atomic E-state index is 0.00100. The SMILES string of the molecule is COc1ccc(-c2nccn2CC2CC(=O)N(C)C2)c(C(=O)O)c1OC. The van der Waals surface area contributed by atoms with Gasteiger partial charge in [-0.1, -0.05) is 0 Å². The van der Waals surface area contributed by atoms with Gasteiger partial charge in [0, 0.05) is 50.4 Å². The van der Waals surface area contributed by atoms with Crippen LogP contribution in [0, 0.1) is 5.92 Å². The van der Waals surface area contributed by atoms with E-state index in [0.717, 1.165) is 0 Å². The lowest BCUT2D eigenvalue weighted by Gasteiger charge is -2.17. The van der Waals surface area contributed by atoms with Gasteiger partial charge in [0.25, 0.3) is 0 Å². The average molecular weight is 359 g/mol. The quantitative estimate of drug-likeness (QED) is 0.844. The minimum atomic E-state index is -1.12. The molecule has 1 fully saturated rings. The van der Waals surface area contributed by atoms with E-state index >= 15 is 0 Å². The number of rotatable bonds is 6. The third-order valence-electron chi connectivity index (χ3n) is 4.59. The number of hydrogen-bond acceptors (Lipinski definition) is 5. The highest BCUT2D eigenvalue weighted by molar-refractivity contribution is 5.99. The van der Waals surface area contributed by atoms with E-state index in [1.54, 1.807) is 36.5 Å². The van der Waals surface area contributed by atoms with Crippen LogP contribution < -0.4 is 9.47 Å². The molecule has 0 saturated carbocycles. The van der Waals surface area contributed by atoms with Crippen molar-refractivity contribution < 1.29 is 24.2 Å². The Bertz CT molecular complexity index is 845. The molecule has 26 heavy (non-hydrogen) atoms. The number of carboxylic acids is 1. The molecule has 0 spiro atoms. The van der Waals surface area contributed by atoms with E-state index in [0.29, 0.717) is 36.6 Å². The second-order valence-electron chi connectivity index (χ2n) is 6.28. The van der Waals surface area contributed by atoms with E-state index in [9.17, 15) is 14.7 Å². The molecule has 0 aliphatic carbocycles. The van der Waals surface area contributed by atoms with Crippen molar-refractivity contribution in [3.8, 4) is 22.9 Å². The van der Waals surface area contributed by atoms with E-state index in [4.69, 9.17) is 9.47 Å². The minimum Gasteiger partial charge on any atom is -0.493 e. The van der Waals surface area contributed by atoms with Gasteiger partial charge in [-0.25, -0.2) is 9.78 Å². The fraction of sp³-hybridized carbons (Fsp3) is 0.389. The molecule has 1 saturated heterocycles. The van der Waals surface area contributed by atoms with Crippen LogP contribution in [0.2, 0.25) is 0 Å². The number of carbonyl (C=O) groups is 2. The fourth-order valence-corrected chi connectivity index (χ4v) is 3.38. The Kier molecular flexibility index (Phi) is 4.83. The second kappa shape index (κ2) is 7.07. The first kappa shape index (κ1) is 17.8. The van der Waals surface area contributed by atoms with Gasteiger partial charge in [0.05, 0.1) is 14.2 Å². The number of imidazole rings is 1. The van der Waals surface area contributed by atoms with Gasteiger partial charge in [-0.05, 0) is 12.1 Å². The lowest BCUT2D eigenvalue weighted by molar-refractivity contribution is -0.126. The standard InChI is InChI=1S/C18H21N3O5/c1-20-9-11(8-14(20)22)10-21-7-6-19-17(21)12-4-5-13(25-2)16(26-3)15(12)18(23)24/h4-7,11H,8-10H2,1-3H3,(H,23,24). The van der Waals surface area contributed by atoms with Crippen molar-refractivity contribution in [2.24, 2.45) is 5.92 Å². The molecule has 1 aromatic heterocycles. The second-order valence-corrected chi connectivity index (χ2v) is 6.28. The number of aromatic carboxylic acids is 1. The number of ether oxygens (including phenoxy) is 2. The van der Waals surface area contributed by atoms with Crippen LogP contribution in [0.5, 0.6) is 11.5 Å². The van der Waals surface area contributed by atoms with E-state index in [1.165, 1.54) is 14.2 Å². The van der Waals surface area contributed by atoms with E-state index in [2.05, 4.69) is 4.98 Å². The molecule has 1 atom stereocenters. The Morgan fingerprint density at radius 1 is 1.35 bits per heavy atom. The van der Waals surface area contributed by atoms with Crippen molar-refractivity contribution in [2.45, 2.75) is 13.0 Å². The lowest BCUT2D eigenvalue weighted by Crippen LogP contribution is -2.20. The van der Waals surface area contributed by atoms with Crippen molar-refractivity contribution >= 4 is 11.9 Å². The molecule has 0 bridgehead atoms. The monoisotopic (exact) mass is 359 g/mol. The van der Waals surface area contributed by atoms with Crippen molar-refractivity contribution in [1.29, 1.82) is 0 Å². The molecule has 2 heterocycles. The number of aromatic nitrogens is 2. The van der Waals surface area contributed by atoms with Crippen LogP contribution in [0.1, 0.15) is 16.8 Å². The van der Waals surface area contributed by atoms with Crippen LogP contribution in [-0.2, 0) is 11.3 Å². The van der Waals surface area contributed by atoms with Crippen LogP contribution >= 0.6 is 0 Å². The number of likely N-dealkylation sites (tertiary alicyclic amines) is 1. The maximum Gasteiger partial charge on any atom is 0.340 e. The van der Waals surface area contributed by atoms with Gasteiger partial charge in [0.15, 0.2) is 11.5 Å². The van der Waals surface area contributed by atoms with Crippen molar-refractivity contribution in [1.82, 2.24) is 14.5 Å². The number of carbonyl (C=O) groups excluding carboxylic acids is 1. The molecule has 138 valence electrons. The van der Waals surface area contributed by atoms with Gasteiger partial charge in [0.1, 0.15) is 11.4 Å². The molecule has 1 amide bonds. The van der Waals surface area contributed by atoms with E-state index in [-0.39, 0.29) is 23.1 Å². The molecule has 1 aliphatic rings. The highest BCUT2D eigenvalue weighted by Gasteiger charge is 2.29. The summed E-state index contributed by atoms with van der Waals surface area (Å²) in [6, 6.07) is 3.32. The molecule has 2 aromatic rings. The van der Waals surface area contributed by atoms with E-state index < -0.39 is 5.97 Å². The lowest BCUT2D eigenvalue weighted by atomic mass is 10.0. The summed E-state index contributed by atoms with van der Waals surface area (Å²) in [5.41, 5.74) is 0.441. The van der Waals surface area contributed by atoms with Gasteiger partial charge < -0.3 is 24.0 Å². The average Bonchev–Trinajstić information content (AvgIpc) is 3.19. The van der Waals surface area contributed by atoms with Crippen LogP contribution in [0.25, 0.3) is 11.4 Å². The number of benzene rings is 1. The summed E-state index contributed by atoms with van der Waals surface area (Å²) < 4.78 is 12.4. The summed E-state index contributed by atoms with van der Waals surface area (Å²) in [6.07, 6.45) is 3.89. The van der Waals surface area contributed by atoms with Crippen LogP contribution in [0.15, 0.2) is 24.5 Å². The highest BCUT2D eigenvalue weighted by atomic mass is 16.5. The first-order valence-electron chi connectivity index (χ1n) is 8.20. The zero-order chi connectivity index (χ0) is 18.8. The summed E-state index contributed by atoms with van der Waals surface area (Å²) in [6.45, 7) is 1.26. The van der Waals surface area contributed by atoms with Gasteiger partial charge in [-0.2, -0.15) is 0 Å².